The SMILES string of the molecule is Cl.O=C(CSCC(=O)c1ccc(Cl)cc1)NCCN1CCNCC1. The van der Waals surface area contributed by atoms with E-state index in [-0.39, 0.29) is 24.1 Å². The molecule has 2 rings (SSSR count). The molecule has 0 aromatic heterocycles. The maximum atomic E-state index is 11.9. The largest absolute Gasteiger partial charge is 0.354 e. The molecule has 0 saturated carbocycles. The Morgan fingerprint density at radius 2 is 1.83 bits per heavy atom. The summed E-state index contributed by atoms with van der Waals surface area (Å²) in [6, 6.07) is 6.81. The lowest BCUT2D eigenvalue weighted by atomic mass is 10.1. The fourth-order valence-corrected chi connectivity index (χ4v) is 3.16. The van der Waals surface area contributed by atoms with E-state index in [0.717, 1.165) is 32.7 Å². The second-order valence-corrected chi connectivity index (χ2v) is 6.79. The standard InChI is InChI=1S/C16H22ClN3O2S.ClH/c17-14-3-1-13(2-4-14)15(21)11-23-12-16(22)19-7-10-20-8-5-18-6-9-20;/h1-4,18H,5-12H2,(H,19,22);1H. The summed E-state index contributed by atoms with van der Waals surface area (Å²) in [5.41, 5.74) is 0.626. The highest BCUT2D eigenvalue weighted by Gasteiger charge is 2.10. The fourth-order valence-electron chi connectivity index (χ4n) is 2.29. The molecule has 1 amide bonds. The summed E-state index contributed by atoms with van der Waals surface area (Å²) in [6.45, 7) is 5.61. The molecule has 1 saturated heterocycles. The number of amides is 1. The van der Waals surface area contributed by atoms with E-state index in [2.05, 4.69) is 15.5 Å². The molecule has 5 nitrogen and oxygen atoms in total. The van der Waals surface area contributed by atoms with Crippen LogP contribution in [0, 0.1) is 0 Å². The minimum absolute atomic E-state index is 0. The van der Waals surface area contributed by atoms with Crippen LogP contribution in [-0.4, -0.2) is 67.4 Å². The van der Waals surface area contributed by atoms with E-state index in [0.29, 0.717) is 28.6 Å². The van der Waals surface area contributed by atoms with Crippen LogP contribution in [-0.2, 0) is 4.79 Å². The van der Waals surface area contributed by atoms with E-state index in [1.165, 1.54) is 11.8 Å². The molecule has 1 heterocycles. The highest BCUT2D eigenvalue weighted by molar-refractivity contribution is 8.00. The lowest BCUT2D eigenvalue weighted by Crippen LogP contribution is -2.46. The Balaban J connectivity index is 0.00000288. The number of nitrogens with zero attached hydrogens (tertiary/aromatic N) is 1. The number of carbonyl (C=O) groups excluding carboxylic acids is 2. The van der Waals surface area contributed by atoms with Crippen LogP contribution in [0.1, 0.15) is 10.4 Å². The minimum Gasteiger partial charge on any atom is -0.354 e. The summed E-state index contributed by atoms with van der Waals surface area (Å²) in [7, 11) is 0. The number of halogens is 2. The maximum absolute atomic E-state index is 11.9. The zero-order valence-corrected chi connectivity index (χ0v) is 15.8. The molecule has 1 aliphatic rings. The van der Waals surface area contributed by atoms with E-state index in [4.69, 9.17) is 11.6 Å². The van der Waals surface area contributed by atoms with Gasteiger partial charge in [0.05, 0.1) is 11.5 Å². The number of hydrogen-bond donors (Lipinski definition) is 2. The van der Waals surface area contributed by atoms with Gasteiger partial charge in [-0.15, -0.1) is 24.2 Å². The molecule has 2 N–H and O–H groups in total. The Kier molecular flexibility index (Phi) is 10.4. The van der Waals surface area contributed by atoms with Gasteiger partial charge in [0, 0.05) is 49.9 Å². The summed E-state index contributed by atoms with van der Waals surface area (Å²) >= 11 is 7.13. The summed E-state index contributed by atoms with van der Waals surface area (Å²) in [6.07, 6.45) is 0. The van der Waals surface area contributed by atoms with Gasteiger partial charge in [-0.3, -0.25) is 14.5 Å². The molecular weight excluding hydrogens is 369 g/mol. The molecule has 0 radical (unpaired) electrons. The van der Waals surface area contributed by atoms with Crippen LogP contribution in [0.15, 0.2) is 24.3 Å². The highest BCUT2D eigenvalue weighted by atomic mass is 35.5. The van der Waals surface area contributed by atoms with Crippen LogP contribution in [0.25, 0.3) is 0 Å². The van der Waals surface area contributed by atoms with E-state index in [1.54, 1.807) is 24.3 Å². The van der Waals surface area contributed by atoms with Crippen molar-refractivity contribution in [2.24, 2.45) is 0 Å². The molecule has 1 aromatic carbocycles. The van der Waals surface area contributed by atoms with Crippen molar-refractivity contribution < 1.29 is 9.59 Å². The first-order valence-corrected chi connectivity index (χ1v) is 9.25. The lowest BCUT2D eigenvalue weighted by Gasteiger charge is -2.27. The average Bonchev–Trinajstić information content (AvgIpc) is 2.56. The van der Waals surface area contributed by atoms with Gasteiger partial charge in [0.2, 0.25) is 5.91 Å². The van der Waals surface area contributed by atoms with Crippen molar-refractivity contribution in [3.63, 3.8) is 0 Å². The molecule has 1 fully saturated rings. The van der Waals surface area contributed by atoms with Crippen molar-refractivity contribution in [2.75, 3.05) is 50.8 Å². The van der Waals surface area contributed by atoms with Gasteiger partial charge in [0.25, 0.3) is 0 Å². The predicted octanol–water partition coefficient (Wildman–Crippen LogP) is 1.70. The number of benzene rings is 1. The third kappa shape index (κ3) is 7.85. The highest BCUT2D eigenvalue weighted by Crippen LogP contribution is 2.12. The van der Waals surface area contributed by atoms with Gasteiger partial charge < -0.3 is 10.6 Å². The number of hydrogen-bond acceptors (Lipinski definition) is 5. The van der Waals surface area contributed by atoms with Crippen molar-refractivity contribution in [2.45, 2.75) is 0 Å². The van der Waals surface area contributed by atoms with E-state index < -0.39 is 0 Å². The quantitative estimate of drug-likeness (QED) is 0.660. The molecule has 0 atom stereocenters. The first-order chi connectivity index (χ1) is 11.1. The smallest absolute Gasteiger partial charge is 0.230 e. The van der Waals surface area contributed by atoms with Crippen LogP contribution in [0.2, 0.25) is 5.02 Å². The van der Waals surface area contributed by atoms with Gasteiger partial charge in [-0.2, -0.15) is 0 Å². The normalized spacial score (nSPS) is 14.7. The second-order valence-electron chi connectivity index (χ2n) is 5.36. The number of rotatable bonds is 8. The van der Waals surface area contributed by atoms with Gasteiger partial charge >= 0.3 is 0 Å². The Hall–Kier alpha value is -0.790. The topological polar surface area (TPSA) is 61.4 Å². The van der Waals surface area contributed by atoms with Crippen LogP contribution >= 0.6 is 35.8 Å². The zero-order valence-electron chi connectivity index (χ0n) is 13.4. The fraction of sp³-hybridized carbons (Fsp3) is 0.500. The van der Waals surface area contributed by atoms with E-state index in [9.17, 15) is 9.59 Å². The summed E-state index contributed by atoms with van der Waals surface area (Å²) in [5.74, 6) is 0.600. The maximum Gasteiger partial charge on any atom is 0.230 e. The van der Waals surface area contributed by atoms with Crippen LogP contribution < -0.4 is 10.6 Å². The zero-order chi connectivity index (χ0) is 16.5. The monoisotopic (exact) mass is 391 g/mol. The van der Waals surface area contributed by atoms with Gasteiger partial charge in [-0.25, -0.2) is 0 Å². The lowest BCUT2D eigenvalue weighted by molar-refractivity contribution is -0.118. The number of Topliss-reactive ketones (excluding diaryl/α,β-unsaturated/α-hetero) is 1. The van der Waals surface area contributed by atoms with Gasteiger partial charge in [0.1, 0.15) is 0 Å². The Labute approximate surface area is 158 Å². The predicted molar refractivity (Wildman–Crippen MR) is 103 cm³/mol. The minimum atomic E-state index is -0.0194. The summed E-state index contributed by atoms with van der Waals surface area (Å²) in [4.78, 5) is 26.0. The summed E-state index contributed by atoms with van der Waals surface area (Å²) in [5, 5.41) is 6.81. The van der Waals surface area contributed by atoms with Crippen molar-refractivity contribution in [1.29, 1.82) is 0 Å². The number of thioether (sulfide) groups is 1. The molecular formula is C16H23Cl2N3O2S. The second kappa shape index (κ2) is 11.7. The van der Waals surface area contributed by atoms with Gasteiger partial charge in [-0.05, 0) is 24.3 Å². The van der Waals surface area contributed by atoms with E-state index in [1.807, 2.05) is 0 Å². The third-order valence-corrected chi connectivity index (χ3v) is 4.78. The molecule has 0 unspecified atom stereocenters. The third-order valence-electron chi connectivity index (χ3n) is 3.59. The Morgan fingerprint density at radius 1 is 1.17 bits per heavy atom. The van der Waals surface area contributed by atoms with E-state index >= 15 is 0 Å². The Morgan fingerprint density at radius 3 is 2.50 bits per heavy atom. The van der Waals surface area contributed by atoms with Crippen molar-refractivity contribution >= 4 is 47.5 Å². The van der Waals surface area contributed by atoms with Crippen molar-refractivity contribution in [1.82, 2.24) is 15.5 Å². The Bertz CT molecular complexity index is 523. The van der Waals surface area contributed by atoms with Crippen LogP contribution in [0.4, 0.5) is 0 Å². The molecule has 1 aliphatic heterocycles. The molecule has 1 aromatic rings. The van der Waals surface area contributed by atoms with Crippen LogP contribution in [0.3, 0.4) is 0 Å². The first kappa shape index (κ1) is 21.3. The molecule has 134 valence electrons. The van der Waals surface area contributed by atoms with Crippen molar-refractivity contribution in [3.05, 3.63) is 34.9 Å². The van der Waals surface area contributed by atoms with Gasteiger partial charge in [-0.1, -0.05) is 11.6 Å². The molecule has 24 heavy (non-hydrogen) atoms. The molecule has 8 heteroatoms. The van der Waals surface area contributed by atoms with Crippen LogP contribution in [0.5, 0.6) is 0 Å². The van der Waals surface area contributed by atoms with Gasteiger partial charge in [0.15, 0.2) is 5.78 Å². The number of nitrogens with one attached hydrogen (secondary N) is 2. The number of ketones is 1. The molecule has 0 aliphatic carbocycles. The number of carbonyl (C=O) groups is 2. The molecule has 0 bridgehead atoms. The van der Waals surface area contributed by atoms with Crippen molar-refractivity contribution in [3.8, 4) is 0 Å². The summed E-state index contributed by atoms with van der Waals surface area (Å²) < 4.78 is 0. The number of piperazine rings is 1. The average molecular weight is 392 g/mol. The first-order valence-electron chi connectivity index (χ1n) is 7.71. The molecule has 0 spiro atoms.